The average Bonchev–Trinajstić information content (AvgIpc) is 3.30. The molecule has 6 nitrogen and oxygen atoms in total. The lowest BCUT2D eigenvalue weighted by atomic mass is 10.2. The Morgan fingerprint density at radius 2 is 2.22 bits per heavy atom. The van der Waals surface area contributed by atoms with Crippen LogP contribution in [0.5, 0.6) is 5.75 Å². The number of amides is 2. The molecule has 1 aliphatic heterocycles. The minimum atomic E-state index is -0.258. The van der Waals surface area contributed by atoms with E-state index in [1.807, 2.05) is 17.5 Å². The minimum absolute atomic E-state index is 0.0441. The molecule has 0 unspecified atom stereocenters. The second-order valence-corrected chi connectivity index (χ2v) is 6.49. The molecule has 2 amide bonds. The summed E-state index contributed by atoms with van der Waals surface area (Å²) in [5.41, 5.74) is 1.68. The molecule has 1 N–H and O–H groups in total. The molecule has 0 atom stereocenters. The number of anilines is 2. The van der Waals surface area contributed by atoms with Gasteiger partial charge in [-0.15, -0.1) is 11.3 Å². The summed E-state index contributed by atoms with van der Waals surface area (Å²) in [7, 11) is 0. The van der Waals surface area contributed by atoms with Crippen molar-refractivity contribution >= 4 is 34.0 Å². The zero-order valence-corrected chi connectivity index (χ0v) is 13.1. The van der Waals surface area contributed by atoms with Crippen LogP contribution in [0.1, 0.15) is 24.5 Å². The number of ether oxygens (including phenoxy) is 1. The standard InChI is InChI=1S/C16H15N3O3S/c20-14(18-16-17-11(9-23-16)10-5-6-10)7-19-12-3-1-2-4-13(12)22-8-15(19)21/h1-4,9-10H,5-8H2,(H,17,18,20). The molecule has 2 aromatic rings. The maximum atomic E-state index is 12.3. The fourth-order valence-corrected chi connectivity index (χ4v) is 3.35. The van der Waals surface area contributed by atoms with Crippen LogP contribution in [-0.4, -0.2) is 29.9 Å². The van der Waals surface area contributed by atoms with E-state index in [9.17, 15) is 9.59 Å². The van der Waals surface area contributed by atoms with Crippen LogP contribution in [0.15, 0.2) is 29.6 Å². The number of para-hydroxylation sites is 2. The van der Waals surface area contributed by atoms with Gasteiger partial charge in [-0.2, -0.15) is 0 Å². The van der Waals surface area contributed by atoms with Crippen LogP contribution < -0.4 is 15.0 Å². The van der Waals surface area contributed by atoms with Crippen molar-refractivity contribution in [3.05, 3.63) is 35.3 Å². The predicted octanol–water partition coefficient (Wildman–Crippen LogP) is 2.38. The fraction of sp³-hybridized carbons (Fsp3) is 0.312. The smallest absolute Gasteiger partial charge is 0.265 e. The van der Waals surface area contributed by atoms with Crippen molar-refractivity contribution in [3.63, 3.8) is 0 Å². The number of hydrogen-bond donors (Lipinski definition) is 1. The van der Waals surface area contributed by atoms with Gasteiger partial charge in [0.1, 0.15) is 12.3 Å². The van der Waals surface area contributed by atoms with Crippen LogP contribution in [0.4, 0.5) is 10.8 Å². The van der Waals surface area contributed by atoms with Crippen molar-refractivity contribution in [2.24, 2.45) is 0 Å². The minimum Gasteiger partial charge on any atom is -0.482 e. The number of aromatic nitrogens is 1. The van der Waals surface area contributed by atoms with Gasteiger partial charge in [-0.3, -0.25) is 14.5 Å². The topological polar surface area (TPSA) is 71.5 Å². The lowest BCUT2D eigenvalue weighted by Crippen LogP contribution is -2.43. The number of carbonyl (C=O) groups excluding carboxylic acids is 2. The highest BCUT2D eigenvalue weighted by atomic mass is 32.1. The van der Waals surface area contributed by atoms with Gasteiger partial charge in [-0.1, -0.05) is 12.1 Å². The van der Waals surface area contributed by atoms with Crippen LogP contribution in [0.3, 0.4) is 0 Å². The van der Waals surface area contributed by atoms with E-state index in [-0.39, 0.29) is 25.0 Å². The molecule has 2 heterocycles. The van der Waals surface area contributed by atoms with Gasteiger partial charge in [0.25, 0.3) is 5.91 Å². The third-order valence-corrected chi connectivity index (χ3v) is 4.65. The summed E-state index contributed by atoms with van der Waals surface area (Å²) >= 11 is 1.42. The number of hydrogen-bond acceptors (Lipinski definition) is 5. The van der Waals surface area contributed by atoms with Gasteiger partial charge in [-0.05, 0) is 25.0 Å². The molecule has 1 saturated carbocycles. The quantitative estimate of drug-likeness (QED) is 0.935. The summed E-state index contributed by atoms with van der Waals surface area (Å²) in [6.07, 6.45) is 2.35. The van der Waals surface area contributed by atoms with E-state index in [0.29, 0.717) is 22.5 Å². The van der Waals surface area contributed by atoms with Crippen molar-refractivity contribution in [3.8, 4) is 5.75 Å². The molecule has 1 aromatic heterocycles. The first-order chi connectivity index (χ1) is 11.2. The van der Waals surface area contributed by atoms with E-state index in [1.165, 1.54) is 29.1 Å². The first-order valence-electron chi connectivity index (χ1n) is 7.48. The Labute approximate surface area is 137 Å². The van der Waals surface area contributed by atoms with Crippen molar-refractivity contribution in [1.29, 1.82) is 0 Å². The number of nitrogens with one attached hydrogen (secondary N) is 1. The first kappa shape index (κ1) is 14.2. The van der Waals surface area contributed by atoms with E-state index in [2.05, 4.69) is 10.3 Å². The Kier molecular flexibility index (Phi) is 3.49. The molecule has 1 aromatic carbocycles. The number of nitrogens with zero attached hydrogens (tertiary/aromatic N) is 2. The maximum Gasteiger partial charge on any atom is 0.265 e. The Hall–Kier alpha value is -2.41. The van der Waals surface area contributed by atoms with Gasteiger partial charge < -0.3 is 10.1 Å². The highest BCUT2D eigenvalue weighted by molar-refractivity contribution is 7.13. The van der Waals surface area contributed by atoms with Gasteiger partial charge >= 0.3 is 0 Å². The van der Waals surface area contributed by atoms with Crippen LogP contribution in [0.2, 0.25) is 0 Å². The molecular formula is C16H15N3O3S. The average molecular weight is 329 g/mol. The summed E-state index contributed by atoms with van der Waals surface area (Å²) < 4.78 is 5.37. The highest BCUT2D eigenvalue weighted by Gasteiger charge is 2.28. The van der Waals surface area contributed by atoms with Gasteiger partial charge in [0.2, 0.25) is 5.91 Å². The summed E-state index contributed by atoms with van der Waals surface area (Å²) in [6.45, 7) is -0.0923. The number of carbonyl (C=O) groups is 2. The SMILES string of the molecule is O=C(CN1C(=O)COc2ccccc21)Nc1nc(C2CC2)cs1. The molecule has 4 rings (SSSR count). The van der Waals surface area contributed by atoms with E-state index >= 15 is 0 Å². The van der Waals surface area contributed by atoms with Gasteiger partial charge in [-0.25, -0.2) is 4.98 Å². The van der Waals surface area contributed by atoms with Crippen molar-refractivity contribution in [1.82, 2.24) is 4.98 Å². The lowest BCUT2D eigenvalue weighted by Gasteiger charge is -2.28. The molecule has 2 aliphatic rings. The number of benzene rings is 1. The molecule has 0 spiro atoms. The second-order valence-electron chi connectivity index (χ2n) is 5.64. The van der Waals surface area contributed by atoms with Crippen LogP contribution in [-0.2, 0) is 9.59 Å². The summed E-state index contributed by atoms with van der Waals surface area (Å²) in [4.78, 5) is 30.2. The molecule has 0 bridgehead atoms. The highest BCUT2D eigenvalue weighted by Crippen LogP contribution is 2.40. The number of fused-ring (bicyclic) bond motifs is 1. The molecule has 0 saturated heterocycles. The molecule has 7 heteroatoms. The maximum absolute atomic E-state index is 12.3. The van der Waals surface area contributed by atoms with Crippen LogP contribution in [0, 0.1) is 0 Å². The zero-order chi connectivity index (χ0) is 15.8. The molecule has 1 fully saturated rings. The Bertz CT molecular complexity index is 769. The molecule has 118 valence electrons. The van der Waals surface area contributed by atoms with Gasteiger partial charge in [0, 0.05) is 11.3 Å². The van der Waals surface area contributed by atoms with E-state index < -0.39 is 0 Å². The number of thiazole rings is 1. The largest absolute Gasteiger partial charge is 0.482 e. The van der Waals surface area contributed by atoms with E-state index in [1.54, 1.807) is 12.1 Å². The summed E-state index contributed by atoms with van der Waals surface area (Å²) in [5, 5.41) is 5.35. The zero-order valence-electron chi connectivity index (χ0n) is 12.3. The van der Waals surface area contributed by atoms with Crippen molar-refractivity contribution in [2.75, 3.05) is 23.4 Å². The fourth-order valence-electron chi connectivity index (χ4n) is 2.54. The second kappa shape index (κ2) is 5.66. The van der Waals surface area contributed by atoms with Crippen molar-refractivity contribution < 1.29 is 14.3 Å². The Morgan fingerprint density at radius 1 is 1.39 bits per heavy atom. The molecule has 0 radical (unpaired) electrons. The summed E-state index contributed by atoms with van der Waals surface area (Å²) in [5.74, 6) is 0.693. The number of rotatable bonds is 4. The van der Waals surface area contributed by atoms with E-state index in [0.717, 1.165) is 5.69 Å². The Balaban J connectivity index is 1.46. The first-order valence-corrected chi connectivity index (χ1v) is 8.36. The van der Waals surface area contributed by atoms with Gasteiger partial charge in [0.05, 0.1) is 11.4 Å². The summed E-state index contributed by atoms with van der Waals surface area (Å²) in [6, 6.07) is 7.21. The Morgan fingerprint density at radius 3 is 3.04 bits per heavy atom. The third kappa shape index (κ3) is 2.92. The monoisotopic (exact) mass is 329 g/mol. The molecule has 1 aliphatic carbocycles. The van der Waals surface area contributed by atoms with Crippen LogP contribution >= 0.6 is 11.3 Å². The molecule has 23 heavy (non-hydrogen) atoms. The van der Waals surface area contributed by atoms with Crippen LogP contribution in [0.25, 0.3) is 0 Å². The predicted molar refractivity (Wildman–Crippen MR) is 87.0 cm³/mol. The van der Waals surface area contributed by atoms with Gasteiger partial charge in [0.15, 0.2) is 11.7 Å². The van der Waals surface area contributed by atoms with E-state index in [4.69, 9.17) is 4.74 Å². The molecular weight excluding hydrogens is 314 g/mol. The lowest BCUT2D eigenvalue weighted by molar-refractivity contribution is -0.123. The third-order valence-electron chi connectivity index (χ3n) is 3.87. The normalized spacial score (nSPS) is 16.7. The van der Waals surface area contributed by atoms with Crippen molar-refractivity contribution in [2.45, 2.75) is 18.8 Å².